The van der Waals surface area contributed by atoms with E-state index in [1.807, 2.05) is 59.5 Å². The molecule has 186 valence electrons. The molecular weight excluding hydrogens is 456 g/mol. The van der Waals surface area contributed by atoms with Gasteiger partial charge in [0.05, 0.1) is 12.7 Å². The van der Waals surface area contributed by atoms with E-state index in [9.17, 15) is 14.4 Å². The van der Waals surface area contributed by atoms with Gasteiger partial charge in [-0.3, -0.25) is 9.59 Å². The zero-order valence-corrected chi connectivity index (χ0v) is 20.8. The van der Waals surface area contributed by atoms with Crippen molar-refractivity contribution in [3.63, 3.8) is 0 Å². The number of methoxy groups -OCH3 is 1. The van der Waals surface area contributed by atoms with Crippen LogP contribution in [0.4, 0.5) is 0 Å². The summed E-state index contributed by atoms with van der Waals surface area (Å²) >= 11 is 0. The highest BCUT2D eigenvalue weighted by atomic mass is 16.5. The predicted octanol–water partition coefficient (Wildman–Crippen LogP) is 3.86. The fourth-order valence-electron chi connectivity index (χ4n) is 5.44. The largest absolute Gasteiger partial charge is 0.489 e. The minimum atomic E-state index is -0.686. The highest BCUT2D eigenvalue weighted by Gasteiger charge is 2.48. The van der Waals surface area contributed by atoms with Crippen LogP contribution in [0.2, 0.25) is 0 Å². The van der Waals surface area contributed by atoms with Crippen molar-refractivity contribution < 1.29 is 23.9 Å². The summed E-state index contributed by atoms with van der Waals surface area (Å²) in [6, 6.07) is 17.3. The number of fused-ring (bicyclic) bond motifs is 2. The summed E-state index contributed by atoms with van der Waals surface area (Å²) in [5.74, 6) is -0.938. The van der Waals surface area contributed by atoms with Crippen molar-refractivity contribution in [2.45, 2.75) is 39.2 Å². The van der Waals surface area contributed by atoms with Crippen LogP contribution >= 0.6 is 0 Å². The Bertz CT molecular complexity index is 1270. The molecule has 1 aliphatic carbocycles. The number of hydrogen-bond donors (Lipinski definition) is 1. The molecule has 1 atom stereocenters. The molecule has 0 aromatic heterocycles. The average Bonchev–Trinajstić information content (AvgIpc) is 2.87. The maximum Gasteiger partial charge on any atom is 0.337 e. The lowest BCUT2D eigenvalue weighted by atomic mass is 9.68. The molecule has 0 radical (unpaired) electrons. The van der Waals surface area contributed by atoms with Gasteiger partial charge in [-0.15, -0.1) is 0 Å². The average molecular weight is 487 g/mol. The van der Waals surface area contributed by atoms with E-state index >= 15 is 0 Å². The van der Waals surface area contributed by atoms with Gasteiger partial charge in [0.25, 0.3) is 5.91 Å². The number of hydrogen-bond acceptors (Lipinski definition) is 6. The molecular formula is C29H30N2O5. The van der Waals surface area contributed by atoms with Crippen molar-refractivity contribution in [2.24, 2.45) is 5.41 Å². The third-order valence-electron chi connectivity index (χ3n) is 7.03. The van der Waals surface area contributed by atoms with Gasteiger partial charge in [-0.25, -0.2) is 4.79 Å². The second kappa shape index (κ2) is 9.30. The number of allylic oxidation sites excluding steroid dienone is 2. The van der Waals surface area contributed by atoms with Gasteiger partial charge >= 0.3 is 5.97 Å². The molecule has 1 N–H and O–H groups in total. The van der Waals surface area contributed by atoms with Crippen LogP contribution in [0.3, 0.4) is 0 Å². The van der Waals surface area contributed by atoms with Crippen LogP contribution in [0.25, 0.3) is 0 Å². The van der Waals surface area contributed by atoms with Crippen LogP contribution in [0.15, 0.2) is 77.1 Å². The van der Waals surface area contributed by atoms with Gasteiger partial charge in [0, 0.05) is 36.7 Å². The monoisotopic (exact) mass is 486 g/mol. The SMILES string of the molecule is COC(=O)C1=C2C(=O)NCCN2C2=C(C(=O)CC(C)(C)C2)C1c1ccc(OCc2ccccc2)cc1. The van der Waals surface area contributed by atoms with E-state index in [1.54, 1.807) is 0 Å². The summed E-state index contributed by atoms with van der Waals surface area (Å²) in [4.78, 5) is 41.7. The molecule has 3 aliphatic rings. The molecule has 36 heavy (non-hydrogen) atoms. The van der Waals surface area contributed by atoms with E-state index < -0.39 is 11.9 Å². The minimum Gasteiger partial charge on any atom is -0.489 e. The molecule has 2 aromatic carbocycles. The molecule has 2 aromatic rings. The molecule has 2 heterocycles. The van der Waals surface area contributed by atoms with Crippen LogP contribution in [-0.4, -0.2) is 42.8 Å². The Labute approximate surface area is 210 Å². The minimum absolute atomic E-state index is 0.00193. The fraction of sp³-hybridized carbons (Fsp3) is 0.345. The van der Waals surface area contributed by atoms with Crippen molar-refractivity contribution in [1.29, 1.82) is 0 Å². The number of rotatable bonds is 5. The first kappa shape index (κ1) is 23.9. The molecule has 0 bridgehead atoms. The van der Waals surface area contributed by atoms with Crippen LogP contribution < -0.4 is 10.1 Å². The first-order valence-corrected chi connectivity index (χ1v) is 12.2. The van der Waals surface area contributed by atoms with Crippen molar-refractivity contribution >= 4 is 17.7 Å². The highest BCUT2D eigenvalue weighted by molar-refractivity contribution is 6.09. The van der Waals surface area contributed by atoms with Crippen molar-refractivity contribution in [2.75, 3.05) is 20.2 Å². The van der Waals surface area contributed by atoms with E-state index in [4.69, 9.17) is 9.47 Å². The number of esters is 1. The number of amides is 1. The Balaban J connectivity index is 1.58. The quantitative estimate of drug-likeness (QED) is 0.646. The molecule has 0 spiro atoms. The Morgan fingerprint density at radius 1 is 1.06 bits per heavy atom. The van der Waals surface area contributed by atoms with E-state index in [2.05, 4.69) is 19.2 Å². The molecule has 2 aliphatic heterocycles. The van der Waals surface area contributed by atoms with Gasteiger partial charge < -0.3 is 19.7 Å². The molecule has 1 unspecified atom stereocenters. The molecule has 1 fully saturated rings. The Morgan fingerprint density at radius 3 is 2.47 bits per heavy atom. The first-order chi connectivity index (χ1) is 17.3. The van der Waals surface area contributed by atoms with E-state index in [1.165, 1.54) is 7.11 Å². The van der Waals surface area contributed by atoms with Gasteiger partial charge in [-0.05, 0) is 35.1 Å². The second-order valence-corrected chi connectivity index (χ2v) is 10.2. The molecule has 7 heteroatoms. The number of benzene rings is 2. The van der Waals surface area contributed by atoms with Crippen molar-refractivity contribution in [3.05, 3.63) is 88.3 Å². The number of ketones is 1. The fourth-order valence-corrected chi connectivity index (χ4v) is 5.44. The van der Waals surface area contributed by atoms with E-state index in [-0.39, 0.29) is 28.4 Å². The summed E-state index contributed by atoms with van der Waals surface area (Å²) in [5, 5.41) is 2.86. The molecule has 7 nitrogen and oxygen atoms in total. The number of nitrogens with one attached hydrogen (secondary N) is 1. The second-order valence-electron chi connectivity index (χ2n) is 10.2. The Hall–Kier alpha value is -3.87. The van der Waals surface area contributed by atoms with Crippen LogP contribution in [-0.2, 0) is 25.7 Å². The number of nitrogens with zero attached hydrogens (tertiary/aromatic N) is 1. The summed E-state index contributed by atoms with van der Waals surface area (Å²) in [6.45, 7) is 5.50. The van der Waals surface area contributed by atoms with Crippen molar-refractivity contribution in [3.8, 4) is 5.75 Å². The molecule has 0 saturated carbocycles. The zero-order valence-electron chi connectivity index (χ0n) is 20.8. The summed E-state index contributed by atoms with van der Waals surface area (Å²) in [7, 11) is 1.30. The topological polar surface area (TPSA) is 84.9 Å². The van der Waals surface area contributed by atoms with Crippen LogP contribution in [0, 0.1) is 5.41 Å². The molecule has 5 rings (SSSR count). The number of carbonyl (C=O) groups is 3. The summed E-state index contributed by atoms with van der Waals surface area (Å²) < 4.78 is 11.1. The normalized spacial score (nSPS) is 21.0. The first-order valence-electron chi connectivity index (χ1n) is 12.2. The maximum absolute atomic E-state index is 13.6. The third-order valence-corrected chi connectivity index (χ3v) is 7.03. The van der Waals surface area contributed by atoms with Gasteiger partial charge in [0.1, 0.15) is 18.1 Å². The summed E-state index contributed by atoms with van der Waals surface area (Å²) in [6.07, 6.45) is 1.03. The lowest BCUT2D eigenvalue weighted by Crippen LogP contribution is -2.51. The predicted molar refractivity (Wildman–Crippen MR) is 134 cm³/mol. The summed E-state index contributed by atoms with van der Waals surface area (Å²) in [5.41, 5.74) is 3.48. The number of piperazine rings is 1. The van der Waals surface area contributed by atoms with Crippen molar-refractivity contribution in [1.82, 2.24) is 10.2 Å². The van der Waals surface area contributed by atoms with Crippen LogP contribution in [0.5, 0.6) is 5.75 Å². The van der Waals surface area contributed by atoms with Gasteiger partial charge in [0.2, 0.25) is 0 Å². The van der Waals surface area contributed by atoms with E-state index in [0.717, 1.165) is 16.8 Å². The van der Waals surface area contributed by atoms with E-state index in [0.29, 0.717) is 43.9 Å². The smallest absolute Gasteiger partial charge is 0.337 e. The number of ether oxygens (including phenoxy) is 2. The Morgan fingerprint density at radius 2 is 1.78 bits per heavy atom. The highest BCUT2D eigenvalue weighted by Crippen LogP contribution is 2.50. The van der Waals surface area contributed by atoms with Gasteiger partial charge in [-0.2, -0.15) is 0 Å². The zero-order chi connectivity index (χ0) is 25.4. The number of carbonyl (C=O) groups excluding carboxylic acids is 3. The van der Waals surface area contributed by atoms with Gasteiger partial charge in [-0.1, -0.05) is 56.3 Å². The van der Waals surface area contributed by atoms with Gasteiger partial charge in [0.15, 0.2) is 5.78 Å². The maximum atomic E-state index is 13.6. The molecule has 1 saturated heterocycles. The lowest BCUT2D eigenvalue weighted by Gasteiger charge is -2.46. The number of Topliss-reactive ketones (excluding diaryl/α,β-unsaturated/α-hetero) is 1. The van der Waals surface area contributed by atoms with Crippen LogP contribution in [0.1, 0.15) is 43.7 Å². The lowest BCUT2D eigenvalue weighted by molar-refractivity contribution is -0.137. The standard InChI is InChI=1S/C29H30N2O5/c1-29(2)15-21-24(22(32)16-29)23(25(28(34)35-3)26-27(33)30-13-14-31(21)26)19-9-11-20(12-10-19)36-17-18-7-5-4-6-8-18/h4-12,23H,13-17H2,1-3H3,(H,30,33). The molecule has 1 amide bonds. The third kappa shape index (κ3) is 4.30. The Kier molecular flexibility index (Phi) is 6.16.